The molecule has 0 bridgehead atoms. The quantitative estimate of drug-likeness (QED) is 0.523. The first-order valence-corrected chi connectivity index (χ1v) is 6.93. The zero-order chi connectivity index (χ0) is 17.1. The Hall–Kier alpha value is -3.42. The minimum absolute atomic E-state index is 0.00150. The summed E-state index contributed by atoms with van der Waals surface area (Å²) < 4.78 is 15.7. The summed E-state index contributed by atoms with van der Waals surface area (Å²) in [4.78, 5) is 14.5. The Morgan fingerprint density at radius 3 is 2.29 bits per heavy atom. The monoisotopic (exact) mass is 327 g/mol. The first-order valence-electron chi connectivity index (χ1n) is 6.93. The second-order valence-corrected chi connectivity index (χ2v) is 4.80. The molecule has 2 aromatic carbocycles. The third-order valence-electron chi connectivity index (χ3n) is 3.39. The maximum absolute atomic E-state index is 10.7. The van der Waals surface area contributed by atoms with Gasteiger partial charge in [0.15, 0.2) is 11.5 Å². The molecule has 3 rings (SSSR count). The molecule has 0 N–H and O–H groups in total. The largest absolute Gasteiger partial charge is 0.493 e. The number of hydrogen-bond donors (Lipinski definition) is 0. The van der Waals surface area contributed by atoms with Crippen LogP contribution in [0.2, 0.25) is 0 Å². The topological polar surface area (TPSA) is 101 Å². The zero-order valence-corrected chi connectivity index (χ0v) is 12.9. The van der Waals surface area contributed by atoms with Crippen LogP contribution in [0.1, 0.15) is 0 Å². The van der Waals surface area contributed by atoms with E-state index in [2.05, 4.69) is 10.1 Å². The smallest absolute Gasteiger partial charge is 0.269 e. The molecule has 1 aromatic heterocycles. The van der Waals surface area contributed by atoms with Crippen molar-refractivity contribution in [1.82, 2.24) is 10.1 Å². The average molecular weight is 327 g/mol. The lowest BCUT2D eigenvalue weighted by atomic mass is 10.2. The highest BCUT2D eigenvalue weighted by atomic mass is 16.6. The van der Waals surface area contributed by atoms with Crippen LogP contribution in [-0.2, 0) is 0 Å². The summed E-state index contributed by atoms with van der Waals surface area (Å²) in [6.45, 7) is 0. The van der Waals surface area contributed by atoms with Crippen molar-refractivity contribution in [3.05, 3.63) is 52.6 Å². The van der Waals surface area contributed by atoms with Gasteiger partial charge in [0, 0.05) is 23.3 Å². The predicted octanol–water partition coefficient (Wildman–Crippen LogP) is 3.33. The van der Waals surface area contributed by atoms with Crippen molar-refractivity contribution in [3.8, 4) is 34.3 Å². The van der Waals surface area contributed by atoms with Gasteiger partial charge in [0.25, 0.3) is 11.6 Å². The van der Waals surface area contributed by atoms with E-state index in [-0.39, 0.29) is 11.6 Å². The van der Waals surface area contributed by atoms with Crippen LogP contribution in [-0.4, -0.2) is 29.3 Å². The van der Waals surface area contributed by atoms with Gasteiger partial charge in [-0.25, -0.2) is 0 Å². The van der Waals surface area contributed by atoms with Crippen molar-refractivity contribution in [2.75, 3.05) is 14.2 Å². The molecule has 0 spiro atoms. The summed E-state index contributed by atoms with van der Waals surface area (Å²) in [5.74, 6) is 1.80. The van der Waals surface area contributed by atoms with Crippen LogP contribution in [0.3, 0.4) is 0 Å². The number of nitro benzene ring substituents is 1. The minimum Gasteiger partial charge on any atom is -0.493 e. The van der Waals surface area contributed by atoms with E-state index in [9.17, 15) is 10.1 Å². The molecule has 0 aliphatic rings. The predicted molar refractivity (Wildman–Crippen MR) is 84.9 cm³/mol. The normalized spacial score (nSPS) is 10.4. The lowest BCUT2D eigenvalue weighted by molar-refractivity contribution is -0.384. The van der Waals surface area contributed by atoms with Crippen LogP contribution in [0.15, 0.2) is 47.0 Å². The van der Waals surface area contributed by atoms with E-state index in [1.807, 2.05) is 0 Å². The lowest BCUT2D eigenvalue weighted by Gasteiger charge is -2.07. The van der Waals surface area contributed by atoms with E-state index < -0.39 is 4.92 Å². The zero-order valence-electron chi connectivity index (χ0n) is 12.9. The Morgan fingerprint density at radius 2 is 1.67 bits per heavy atom. The fraction of sp³-hybridized carbons (Fsp3) is 0.125. The van der Waals surface area contributed by atoms with Gasteiger partial charge >= 0.3 is 0 Å². The number of rotatable bonds is 5. The third-order valence-corrected chi connectivity index (χ3v) is 3.39. The molecule has 8 heteroatoms. The molecule has 0 saturated heterocycles. The number of methoxy groups -OCH3 is 2. The van der Waals surface area contributed by atoms with E-state index in [4.69, 9.17) is 14.0 Å². The molecule has 3 aromatic rings. The first-order chi connectivity index (χ1) is 11.6. The number of non-ortho nitro benzene ring substituents is 1. The molecule has 0 aliphatic carbocycles. The van der Waals surface area contributed by atoms with Crippen molar-refractivity contribution < 1.29 is 18.9 Å². The number of ether oxygens (including phenoxy) is 2. The Labute approximate surface area is 136 Å². The molecule has 0 amide bonds. The maximum atomic E-state index is 10.7. The number of nitrogens with zero attached hydrogens (tertiary/aromatic N) is 3. The van der Waals surface area contributed by atoms with E-state index >= 15 is 0 Å². The highest BCUT2D eigenvalue weighted by Gasteiger charge is 2.14. The number of aromatic nitrogens is 2. The van der Waals surface area contributed by atoms with E-state index in [1.165, 1.54) is 12.1 Å². The Morgan fingerprint density at radius 1 is 1.00 bits per heavy atom. The standard InChI is InChI=1S/C16H13N3O5/c1-22-13-8-5-11(9-14(13)23-2)15-17-16(24-18-15)10-3-6-12(7-4-10)19(20)21/h3-9H,1-2H3. The second-order valence-electron chi connectivity index (χ2n) is 4.80. The van der Waals surface area contributed by atoms with E-state index in [1.54, 1.807) is 44.6 Å². The first kappa shape index (κ1) is 15.5. The van der Waals surface area contributed by atoms with E-state index in [0.717, 1.165) is 0 Å². The SMILES string of the molecule is COc1ccc(-c2noc(-c3ccc([N+](=O)[O-])cc3)n2)cc1OC. The van der Waals surface area contributed by atoms with Crippen LogP contribution in [0.5, 0.6) is 11.5 Å². The average Bonchev–Trinajstić information content (AvgIpc) is 3.11. The molecule has 0 aliphatic heterocycles. The van der Waals surface area contributed by atoms with E-state index in [0.29, 0.717) is 28.5 Å². The minimum atomic E-state index is -0.466. The summed E-state index contributed by atoms with van der Waals surface area (Å²) in [6, 6.07) is 11.2. The summed E-state index contributed by atoms with van der Waals surface area (Å²) in [5, 5.41) is 14.6. The third kappa shape index (κ3) is 2.89. The van der Waals surface area contributed by atoms with Crippen LogP contribution < -0.4 is 9.47 Å². The van der Waals surface area contributed by atoms with Gasteiger partial charge in [0.1, 0.15) is 0 Å². The van der Waals surface area contributed by atoms with Gasteiger partial charge < -0.3 is 14.0 Å². The highest BCUT2D eigenvalue weighted by molar-refractivity contribution is 5.63. The van der Waals surface area contributed by atoms with Crippen LogP contribution >= 0.6 is 0 Å². The van der Waals surface area contributed by atoms with Gasteiger partial charge in [-0.1, -0.05) is 5.16 Å². The fourth-order valence-electron chi connectivity index (χ4n) is 2.16. The Kier molecular flexibility index (Phi) is 4.11. The fourth-order valence-corrected chi connectivity index (χ4v) is 2.16. The summed E-state index contributed by atoms with van der Waals surface area (Å²) >= 11 is 0. The molecule has 0 fully saturated rings. The summed E-state index contributed by atoms with van der Waals surface area (Å²) in [7, 11) is 3.10. The van der Waals surface area contributed by atoms with Gasteiger partial charge in [-0.15, -0.1) is 0 Å². The molecular formula is C16H13N3O5. The highest BCUT2D eigenvalue weighted by Crippen LogP contribution is 2.32. The Balaban J connectivity index is 1.91. The van der Waals surface area contributed by atoms with Crippen molar-refractivity contribution in [1.29, 1.82) is 0 Å². The van der Waals surface area contributed by atoms with Crippen molar-refractivity contribution in [3.63, 3.8) is 0 Å². The molecule has 24 heavy (non-hydrogen) atoms. The number of benzene rings is 2. The van der Waals surface area contributed by atoms with Gasteiger partial charge in [-0.3, -0.25) is 10.1 Å². The summed E-state index contributed by atoms with van der Waals surface area (Å²) in [5.41, 5.74) is 1.29. The summed E-state index contributed by atoms with van der Waals surface area (Å²) in [6.07, 6.45) is 0. The van der Waals surface area contributed by atoms with Gasteiger partial charge in [0.05, 0.1) is 19.1 Å². The van der Waals surface area contributed by atoms with Crippen LogP contribution in [0.4, 0.5) is 5.69 Å². The molecule has 1 heterocycles. The molecule has 0 radical (unpaired) electrons. The van der Waals surface area contributed by atoms with Crippen LogP contribution in [0.25, 0.3) is 22.8 Å². The molecule has 122 valence electrons. The molecule has 0 saturated carbocycles. The molecule has 0 unspecified atom stereocenters. The van der Waals surface area contributed by atoms with Crippen molar-refractivity contribution in [2.24, 2.45) is 0 Å². The maximum Gasteiger partial charge on any atom is 0.269 e. The van der Waals surface area contributed by atoms with Gasteiger partial charge in [0.2, 0.25) is 5.82 Å². The molecule has 8 nitrogen and oxygen atoms in total. The van der Waals surface area contributed by atoms with Crippen molar-refractivity contribution in [2.45, 2.75) is 0 Å². The Bertz CT molecular complexity index is 874. The van der Waals surface area contributed by atoms with Gasteiger partial charge in [-0.2, -0.15) is 4.98 Å². The van der Waals surface area contributed by atoms with Crippen molar-refractivity contribution >= 4 is 5.69 Å². The molecular weight excluding hydrogens is 314 g/mol. The molecule has 0 atom stereocenters. The second kappa shape index (κ2) is 6.37. The lowest BCUT2D eigenvalue weighted by Crippen LogP contribution is -1.91. The van der Waals surface area contributed by atoms with Crippen LogP contribution in [0, 0.1) is 10.1 Å². The number of nitro groups is 1. The van der Waals surface area contributed by atoms with Gasteiger partial charge in [-0.05, 0) is 30.3 Å². The number of hydrogen-bond acceptors (Lipinski definition) is 7.